The van der Waals surface area contributed by atoms with Gasteiger partial charge < -0.3 is 34.5 Å². The molecule has 1 atom stereocenters. The van der Waals surface area contributed by atoms with Crippen molar-refractivity contribution < 1.29 is 38.1 Å². The molecule has 0 aliphatic heterocycles. The van der Waals surface area contributed by atoms with Crippen molar-refractivity contribution in [3.8, 4) is 11.5 Å². The van der Waals surface area contributed by atoms with E-state index >= 15 is 0 Å². The number of carbonyl (C=O) groups is 4. The van der Waals surface area contributed by atoms with Gasteiger partial charge in [0.25, 0.3) is 0 Å². The van der Waals surface area contributed by atoms with Gasteiger partial charge in [-0.1, -0.05) is 66.7 Å². The van der Waals surface area contributed by atoms with Crippen LogP contribution in [0, 0.1) is 0 Å². The van der Waals surface area contributed by atoms with Crippen molar-refractivity contribution in [3.05, 3.63) is 107 Å². The summed E-state index contributed by atoms with van der Waals surface area (Å²) in [5.74, 6) is -0.595. The Morgan fingerprint density at radius 3 is 2.08 bits per heavy atom. The van der Waals surface area contributed by atoms with Crippen molar-refractivity contribution in [3.63, 3.8) is 0 Å². The lowest BCUT2D eigenvalue weighted by Crippen LogP contribution is -2.66. The Balaban J connectivity index is 1.45. The molecule has 3 amide bonds. The average Bonchev–Trinajstić information content (AvgIpc) is 3.13. The quantitative estimate of drug-likeness (QED) is 0.188. The number of ether oxygens (including phenoxy) is 4. The molecule has 2 N–H and O–H groups in total. The fourth-order valence-electron chi connectivity index (χ4n) is 6.20. The number of rotatable bonds is 15. The molecular formula is C39H45N3O8. The standard InChI is InChI=1S/C39H45N3O8/c1-47-32-20-19-30(34(23-32)48-2)25-42(39(21-12-22-39)37(45)40-31-17-10-5-11-18-31)36(44)33(24-35(43)49-26-28-13-6-3-7-14-28)41-38(46)50-27-29-15-8-4-9-16-29/h3-4,6-9,13-17,19-20,23,33H,5,10-12,18,21-22,24-27H2,1-2H3,(H,40,45)(H,41,46)/t33-/m0/s1. The largest absolute Gasteiger partial charge is 0.497 e. The fraction of sp³-hybridized carbons (Fsp3) is 0.385. The minimum atomic E-state index is -1.40. The molecule has 0 spiro atoms. The van der Waals surface area contributed by atoms with Crippen LogP contribution in [0.2, 0.25) is 0 Å². The third-order valence-electron chi connectivity index (χ3n) is 9.19. The fourth-order valence-corrected chi connectivity index (χ4v) is 6.20. The zero-order valence-corrected chi connectivity index (χ0v) is 28.7. The highest BCUT2D eigenvalue weighted by molar-refractivity contribution is 5.97. The smallest absolute Gasteiger partial charge is 0.408 e. The summed E-state index contributed by atoms with van der Waals surface area (Å²) in [6, 6.07) is 22.1. The number of amides is 3. The van der Waals surface area contributed by atoms with E-state index in [9.17, 15) is 19.2 Å². The third-order valence-corrected chi connectivity index (χ3v) is 9.19. The van der Waals surface area contributed by atoms with Gasteiger partial charge in [0.2, 0.25) is 11.8 Å². The molecule has 0 aromatic heterocycles. The van der Waals surface area contributed by atoms with Crippen LogP contribution in [-0.4, -0.2) is 54.6 Å². The zero-order chi connectivity index (χ0) is 35.3. The molecular weight excluding hydrogens is 638 g/mol. The number of hydrogen-bond donors (Lipinski definition) is 2. The normalized spacial score (nSPS) is 15.3. The monoisotopic (exact) mass is 683 g/mol. The van der Waals surface area contributed by atoms with E-state index in [2.05, 4.69) is 10.6 Å². The lowest BCUT2D eigenvalue weighted by Gasteiger charge is -2.49. The molecule has 11 nitrogen and oxygen atoms in total. The van der Waals surface area contributed by atoms with Crippen LogP contribution < -0.4 is 20.1 Å². The number of nitrogens with zero attached hydrogens (tertiary/aromatic N) is 1. The first kappa shape index (κ1) is 36.0. The highest BCUT2D eigenvalue weighted by Gasteiger charge is 2.52. The predicted octanol–water partition coefficient (Wildman–Crippen LogP) is 5.96. The summed E-state index contributed by atoms with van der Waals surface area (Å²) >= 11 is 0. The Hall–Kier alpha value is -5.32. The Kier molecular flexibility index (Phi) is 12.5. The van der Waals surface area contributed by atoms with Gasteiger partial charge in [0.05, 0.1) is 27.2 Å². The molecule has 3 aromatic rings. The first-order chi connectivity index (χ1) is 24.3. The lowest BCUT2D eigenvalue weighted by atomic mass is 9.73. The van der Waals surface area contributed by atoms with Crippen molar-refractivity contribution in [2.45, 2.75) is 82.7 Å². The van der Waals surface area contributed by atoms with E-state index in [-0.39, 0.29) is 25.7 Å². The zero-order valence-electron chi connectivity index (χ0n) is 28.7. The topological polar surface area (TPSA) is 132 Å². The highest BCUT2D eigenvalue weighted by Crippen LogP contribution is 2.41. The van der Waals surface area contributed by atoms with Gasteiger partial charge in [-0.25, -0.2) is 4.79 Å². The van der Waals surface area contributed by atoms with Crippen molar-refractivity contribution in [2.24, 2.45) is 0 Å². The minimum Gasteiger partial charge on any atom is -0.497 e. The SMILES string of the molecule is COc1ccc(CN(C(=O)[C@H](CC(=O)OCc2ccccc2)NC(=O)OCc2ccccc2)C2(C(=O)NC3=CCCCC3)CCC2)c(OC)c1. The van der Waals surface area contributed by atoms with Crippen molar-refractivity contribution in [1.82, 2.24) is 15.5 Å². The number of methoxy groups -OCH3 is 2. The maximum atomic E-state index is 14.8. The summed E-state index contributed by atoms with van der Waals surface area (Å²) in [6.45, 7) is -0.0811. The van der Waals surface area contributed by atoms with Crippen LogP contribution in [0.5, 0.6) is 11.5 Å². The van der Waals surface area contributed by atoms with Crippen molar-refractivity contribution in [2.75, 3.05) is 14.2 Å². The summed E-state index contributed by atoms with van der Waals surface area (Å²) in [5.41, 5.74) is 1.75. The summed E-state index contributed by atoms with van der Waals surface area (Å²) in [7, 11) is 3.06. The van der Waals surface area contributed by atoms with Crippen LogP contribution in [-0.2, 0) is 43.6 Å². The Labute approximate surface area is 292 Å². The summed E-state index contributed by atoms with van der Waals surface area (Å²) < 4.78 is 22.0. The molecule has 2 aliphatic rings. The molecule has 5 rings (SSSR count). The van der Waals surface area contributed by atoms with Gasteiger partial charge in [-0.2, -0.15) is 0 Å². The second-order valence-electron chi connectivity index (χ2n) is 12.5. The first-order valence-corrected chi connectivity index (χ1v) is 17.0. The number of benzene rings is 3. The minimum absolute atomic E-state index is 0.00669. The molecule has 264 valence electrons. The molecule has 2 aliphatic carbocycles. The summed E-state index contributed by atoms with van der Waals surface area (Å²) in [6.07, 6.45) is 5.82. The van der Waals surface area contributed by atoms with E-state index in [0.29, 0.717) is 36.3 Å². The molecule has 50 heavy (non-hydrogen) atoms. The molecule has 0 radical (unpaired) electrons. The van der Waals surface area contributed by atoms with Crippen LogP contribution in [0.1, 0.15) is 68.1 Å². The Morgan fingerprint density at radius 2 is 1.50 bits per heavy atom. The van der Waals surface area contributed by atoms with E-state index in [0.717, 1.165) is 42.5 Å². The number of esters is 1. The van der Waals surface area contributed by atoms with Gasteiger partial charge in [-0.3, -0.25) is 14.4 Å². The van der Waals surface area contributed by atoms with Gasteiger partial charge >= 0.3 is 12.1 Å². The van der Waals surface area contributed by atoms with Gasteiger partial charge in [0.15, 0.2) is 0 Å². The maximum absolute atomic E-state index is 14.8. The van der Waals surface area contributed by atoms with E-state index < -0.39 is 36.0 Å². The van der Waals surface area contributed by atoms with Gasteiger partial charge in [-0.05, 0) is 68.2 Å². The van der Waals surface area contributed by atoms with Crippen LogP contribution >= 0.6 is 0 Å². The Bertz CT molecular complexity index is 1600. The van der Waals surface area contributed by atoms with Gasteiger partial charge in [0.1, 0.15) is 36.3 Å². The second-order valence-corrected chi connectivity index (χ2v) is 12.5. The van der Waals surface area contributed by atoms with Gasteiger partial charge in [0, 0.05) is 17.3 Å². The van der Waals surface area contributed by atoms with Crippen molar-refractivity contribution in [1.29, 1.82) is 0 Å². The summed E-state index contributed by atoms with van der Waals surface area (Å²) in [4.78, 5) is 56.9. The molecule has 0 unspecified atom stereocenters. The lowest BCUT2D eigenvalue weighted by molar-refractivity contribution is -0.158. The van der Waals surface area contributed by atoms with E-state index in [1.165, 1.54) is 12.0 Å². The van der Waals surface area contributed by atoms with E-state index in [1.807, 2.05) is 66.7 Å². The van der Waals surface area contributed by atoms with E-state index in [4.69, 9.17) is 18.9 Å². The van der Waals surface area contributed by atoms with Crippen LogP contribution in [0.3, 0.4) is 0 Å². The second kappa shape index (κ2) is 17.4. The van der Waals surface area contributed by atoms with E-state index in [1.54, 1.807) is 25.3 Å². The number of allylic oxidation sites excluding steroid dienone is 2. The molecule has 1 saturated carbocycles. The van der Waals surface area contributed by atoms with Gasteiger partial charge in [-0.15, -0.1) is 0 Å². The Morgan fingerprint density at radius 1 is 0.820 bits per heavy atom. The maximum Gasteiger partial charge on any atom is 0.408 e. The molecule has 0 bridgehead atoms. The van der Waals surface area contributed by atoms with Crippen LogP contribution in [0.4, 0.5) is 4.79 Å². The predicted molar refractivity (Wildman–Crippen MR) is 186 cm³/mol. The average molecular weight is 684 g/mol. The number of alkyl carbamates (subject to hydrolysis) is 1. The molecule has 0 saturated heterocycles. The molecule has 3 aromatic carbocycles. The number of hydrogen-bond acceptors (Lipinski definition) is 8. The number of nitrogens with one attached hydrogen (secondary N) is 2. The van der Waals surface area contributed by atoms with Crippen LogP contribution in [0.15, 0.2) is 90.6 Å². The number of carbonyl (C=O) groups excluding carboxylic acids is 4. The molecule has 1 fully saturated rings. The van der Waals surface area contributed by atoms with Crippen LogP contribution in [0.25, 0.3) is 0 Å². The summed E-state index contributed by atoms with van der Waals surface area (Å²) in [5, 5.41) is 5.72. The third kappa shape index (κ3) is 9.22. The highest BCUT2D eigenvalue weighted by atomic mass is 16.5. The molecule has 11 heteroatoms. The first-order valence-electron chi connectivity index (χ1n) is 17.0. The molecule has 0 heterocycles. The van der Waals surface area contributed by atoms with Crippen molar-refractivity contribution >= 4 is 23.9 Å².